The summed E-state index contributed by atoms with van der Waals surface area (Å²) in [6.07, 6.45) is 2.08. The normalized spacial score (nSPS) is 12.4. The summed E-state index contributed by atoms with van der Waals surface area (Å²) in [5, 5.41) is 3.47. The molecule has 1 rings (SSSR count). The van der Waals surface area contributed by atoms with E-state index >= 15 is 0 Å². The van der Waals surface area contributed by atoms with E-state index in [2.05, 4.69) is 31.3 Å². The zero-order valence-corrected chi connectivity index (χ0v) is 11.7. The Labute approximate surface area is 110 Å². The monoisotopic (exact) mass is 251 g/mol. The maximum absolute atomic E-state index is 5.62. The van der Waals surface area contributed by atoms with Crippen LogP contribution in [0.15, 0.2) is 24.3 Å². The molecule has 0 amide bonds. The predicted octanol–water partition coefficient (Wildman–Crippen LogP) is 3.16. The zero-order chi connectivity index (χ0) is 13.2. The van der Waals surface area contributed by atoms with Gasteiger partial charge in [0, 0.05) is 26.2 Å². The molecule has 1 N–H and O–H groups in total. The minimum absolute atomic E-state index is 0.396. The van der Waals surface area contributed by atoms with E-state index < -0.39 is 0 Å². The molecule has 3 nitrogen and oxygen atoms in total. The molecular weight excluding hydrogens is 226 g/mol. The van der Waals surface area contributed by atoms with Crippen molar-refractivity contribution in [2.45, 2.75) is 32.7 Å². The van der Waals surface area contributed by atoms with E-state index in [1.165, 1.54) is 5.56 Å². The Hall–Kier alpha value is -1.06. The first-order valence-electron chi connectivity index (χ1n) is 6.73. The van der Waals surface area contributed by atoms with Gasteiger partial charge in [-0.15, -0.1) is 0 Å². The summed E-state index contributed by atoms with van der Waals surface area (Å²) >= 11 is 0. The first-order chi connectivity index (χ1) is 8.77. The Balaban J connectivity index is 2.37. The molecule has 0 aliphatic heterocycles. The third-order valence-electron chi connectivity index (χ3n) is 2.84. The maximum atomic E-state index is 5.62. The van der Waals surface area contributed by atoms with E-state index in [1.807, 2.05) is 12.1 Å². The minimum Gasteiger partial charge on any atom is -0.494 e. The topological polar surface area (TPSA) is 30.5 Å². The SMILES string of the molecule is CCCNC(C)c1ccc(OCCCOC)cc1. The number of methoxy groups -OCH3 is 1. The molecule has 1 aromatic carbocycles. The molecule has 0 radical (unpaired) electrons. The molecule has 0 aromatic heterocycles. The van der Waals surface area contributed by atoms with Crippen molar-refractivity contribution >= 4 is 0 Å². The Morgan fingerprint density at radius 2 is 1.89 bits per heavy atom. The van der Waals surface area contributed by atoms with Crippen LogP contribution in [0.1, 0.15) is 38.3 Å². The Kier molecular flexibility index (Phi) is 7.46. The third kappa shape index (κ3) is 5.52. The fourth-order valence-electron chi connectivity index (χ4n) is 1.72. The van der Waals surface area contributed by atoms with Gasteiger partial charge in [0.15, 0.2) is 0 Å². The number of rotatable bonds is 9. The van der Waals surface area contributed by atoms with E-state index in [1.54, 1.807) is 7.11 Å². The van der Waals surface area contributed by atoms with E-state index in [0.29, 0.717) is 12.6 Å². The standard InChI is InChI=1S/C15H25NO2/c1-4-10-16-13(2)14-6-8-15(9-7-14)18-12-5-11-17-3/h6-9,13,16H,4-5,10-12H2,1-3H3. The summed E-state index contributed by atoms with van der Waals surface area (Å²) in [7, 11) is 1.71. The van der Waals surface area contributed by atoms with Crippen LogP contribution in [0.3, 0.4) is 0 Å². The quantitative estimate of drug-likeness (QED) is 0.684. The largest absolute Gasteiger partial charge is 0.494 e. The number of benzene rings is 1. The van der Waals surface area contributed by atoms with Crippen LogP contribution in [-0.2, 0) is 4.74 Å². The van der Waals surface area contributed by atoms with Crippen molar-refractivity contribution in [3.63, 3.8) is 0 Å². The fraction of sp³-hybridized carbons (Fsp3) is 0.600. The Morgan fingerprint density at radius 3 is 2.50 bits per heavy atom. The third-order valence-corrected chi connectivity index (χ3v) is 2.84. The van der Waals surface area contributed by atoms with Crippen molar-refractivity contribution in [1.29, 1.82) is 0 Å². The van der Waals surface area contributed by atoms with Crippen LogP contribution in [0, 0.1) is 0 Å². The lowest BCUT2D eigenvalue weighted by Gasteiger charge is -2.14. The van der Waals surface area contributed by atoms with Gasteiger partial charge in [-0.25, -0.2) is 0 Å². The molecule has 1 aromatic rings. The molecule has 0 aliphatic carbocycles. The molecule has 0 spiro atoms. The number of ether oxygens (including phenoxy) is 2. The molecule has 0 saturated heterocycles. The summed E-state index contributed by atoms with van der Waals surface area (Å²) in [6.45, 7) is 6.87. The van der Waals surface area contributed by atoms with E-state index in [9.17, 15) is 0 Å². The molecule has 0 heterocycles. The van der Waals surface area contributed by atoms with Gasteiger partial charge in [0.2, 0.25) is 0 Å². The van der Waals surface area contributed by atoms with E-state index in [0.717, 1.165) is 31.7 Å². The fourth-order valence-corrected chi connectivity index (χ4v) is 1.72. The zero-order valence-electron chi connectivity index (χ0n) is 11.7. The summed E-state index contributed by atoms with van der Waals surface area (Å²) in [5.41, 5.74) is 1.30. The van der Waals surface area contributed by atoms with Gasteiger partial charge >= 0.3 is 0 Å². The van der Waals surface area contributed by atoms with Gasteiger partial charge in [0.25, 0.3) is 0 Å². The lowest BCUT2D eigenvalue weighted by atomic mass is 10.1. The summed E-state index contributed by atoms with van der Waals surface area (Å²) < 4.78 is 10.6. The van der Waals surface area contributed by atoms with Crippen molar-refractivity contribution in [1.82, 2.24) is 5.32 Å². The molecule has 18 heavy (non-hydrogen) atoms. The van der Waals surface area contributed by atoms with Crippen LogP contribution in [0.2, 0.25) is 0 Å². The van der Waals surface area contributed by atoms with Crippen LogP contribution >= 0.6 is 0 Å². The smallest absolute Gasteiger partial charge is 0.119 e. The highest BCUT2D eigenvalue weighted by Gasteiger charge is 2.03. The first-order valence-corrected chi connectivity index (χ1v) is 6.73. The second-order valence-corrected chi connectivity index (χ2v) is 4.44. The van der Waals surface area contributed by atoms with Crippen molar-refractivity contribution in [2.75, 3.05) is 26.9 Å². The van der Waals surface area contributed by atoms with Gasteiger partial charge in [-0.1, -0.05) is 19.1 Å². The van der Waals surface area contributed by atoms with E-state index in [4.69, 9.17) is 9.47 Å². The van der Waals surface area contributed by atoms with Gasteiger partial charge in [-0.3, -0.25) is 0 Å². The molecule has 0 fully saturated rings. The summed E-state index contributed by atoms with van der Waals surface area (Å²) in [6, 6.07) is 8.71. The minimum atomic E-state index is 0.396. The molecule has 102 valence electrons. The van der Waals surface area contributed by atoms with Gasteiger partial charge in [-0.2, -0.15) is 0 Å². The average molecular weight is 251 g/mol. The predicted molar refractivity (Wildman–Crippen MR) is 75.1 cm³/mol. The molecular formula is C15H25NO2. The van der Waals surface area contributed by atoms with Crippen molar-refractivity contribution in [3.8, 4) is 5.75 Å². The summed E-state index contributed by atoms with van der Waals surface area (Å²) in [4.78, 5) is 0. The molecule has 3 heteroatoms. The molecule has 0 aliphatic rings. The average Bonchev–Trinajstić information content (AvgIpc) is 2.41. The maximum Gasteiger partial charge on any atom is 0.119 e. The van der Waals surface area contributed by atoms with Crippen molar-refractivity contribution in [3.05, 3.63) is 29.8 Å². The lowest BCUT2D eigenvalue weighted by Crippen LogP contribution is -2.19. The van der Waals surface area contributed by atoms with E-state index in [-0.39, 0.29) is 0 Å². The van der Waals surface area contributed by atoms with Crippen LogP contribution in [0.5, 0.6) is 5.75 Å². The molecule has 1 atom stereocenters. The first kappa shape index (κ1) is 15.0. The Morgan fingerprint density at radius 1 is 1.17 bits per heavy atom. The highest BCUT2D eigenvalue weighted by molar-refractivity contribution is 5.28. The van der Waals surface area contributed by atoms with Gasteiger partial charge < -0.3 is 14.8 Å². The van der Waals surface area contributed by atoms with Gasteiger partial charge in [0.05, 0.1) is 6.61 Å². The number of nitrogens with one attached hydrogen (secondary N) is 1. The van der Waals surface area contributed by atoms with Gasteiger partial charge in [0.1, 0.15) is 5.75 Å². The molecule has 0 saturated carbocycles. The van der Waals surface area contributed by atoms with Gasteiger partial charge in [-0.05, 0) is 37.6 Å². The van der Waals surface area contributed by atoms with Crippen molar-refractivity contribution in [2.24, 2.45) is 0 Å². The van der Waals surface area contributed by atoms with Crippen LogP contribution in [-0.4, -0.2) is 26.9 Å². The second-order valence-electron chi connectivity index (χ2n) is 4.44. The highest BCUT2D eigenvalue weighted by Crippen LogP contribution is 2.17. The van der Waals surface area contributed by atoms with Crippen LogP contribution in [0.25, 0.3) is 0 Å². The second kappa shape index (κ2) is 8.95. The van der Waals surface area contributed by atoms with Crippen LogP contribution < -0.4 is 10.1 Å². The Bertz CT molecular complexity index is 311. The highest BCUT2D eigenvalue weighted by atomic mass is 16.5. The lowest BCUT2D eigenvalue weighted by molar-refractivity contribution is 0.172. The molecule has 1 unspecified atom stereocenters. The van der Waals surface area contributed by atoms with Crippen molar-refractivity contribution < 1.29 is 9.47 Å². The number of hydrogen-bond donors (Lipinski definition) is 1. The molecule has 0 bridgehead atoms. The number of hydrogen-bond acceptors (Lipinski definition) is 3. The summed E-state index contributed by atoms with van der Waals surface area (Å²) in [5.74, 6) is 0.928. The van der Waals surface area contributed by atoms with Crippen LogP contribution in [0.4, 0.5) is 0 Å².